The third kappa shape index (κ3) is 22.2. The van der Waals surface area contributed by atoms with Crippen molar-refractivity contribution in [2.24, 2.45) is 5.73 Å². The maximum absolute atomic E-state index is 13.1. The highest BCUT2D eigenvalue weighted by Gasteiger charge is 2.35. The Labute approximate surface area is 312 Å². The molecule has 4 rings (SSSR count). The number of sulfonamides is 1. The fraction of sp³-hybridized carbons (Fsp3) is 0.583. The summed E-state index contributed by atoms with van der Waals surface area (Å²) in [5.41, 5.74) is 6.02. The number of nitrogens with zero attached hydrogens (tertiary/aromatic N) is 2. The maximum Gasteiger partial charge on any atom is 0.407 e. The molecule has 2 heterocycles. The van der Waals surface area contributed by atoms with Crippen molar-refractivity contribution < 1.29 is 52.1 Å². The number of hydrogen-bond donors (Lipinski definition) is 6. The van der Waals surface area contributed by atoms with Crippen LogP contribution >= 0.6 is 0 Å². The van der Waals surface area contributed by atoms with Crippen LogP contribution in [0, 0.1) is 18.7 Å². The van der Waals surface area contributed by atoms with E-state index in [0.29, 0.717) is 43.3 Å². The van der Waals surface area contributed by atoms with E-state index in [9.17, 15) is 36.8 Å². The monoisotopic (exact) mass is 769 g/mol. The number of unbranched alkanes of at least 4 members (excludes halogenated alkanes) is 4. The largest absolute Gasteiger partial charge is 0.481 e. The number of hydrogen-bond acceptors (Lipinski definition) is 9. The first kappa shape index (κ1) is 48.5. The van der Waals surface area contributed by atoms with Crippen molar-refractivity contribution in [2.45, 2.75) is 115 Å². The van der Waals surface area contributed by atoms with Crippen molar-refractivity contribution in [1.82, 2.24) is 19.8 Å². The SMILES string of the molecule is C#C.C[C@@H]1CCCN1C(=O)CCCCCC/C=C\CNCO.NC(=O)CCCC(=O)O.O=C(O)N1Cc2cccc(F)c2C1.O=CNS(=O)(=O)C1CC1. The Kier molecular flexibility index (Phi) is 25.6. The number of nitrogens with two attached hydrogens (primary N) is 1. The van der Waals surface area contributed by atoms with Crippen molar-refractivity contribution in [3.63, 3.8) is 0 Å². The van der Waals surface area contributed by atoms with Gasteiger partial charge in [-0.05, 0) is 69.9 Å². The minimum absolute atomic E-state index is 0.0168. The van der Waals surface area contributed by atoms with E-state index in [1.807, 2.05) is 0 Å². The molecule has 1 saturated carbocycles. The van der Waals surface area contributed by atoms with E-state index in [2.05, 4.69) is 42.1 Å². The van der Waals surface area contributed by atoms with E-state index >= 15 is 0 Å². The molecule has 53 heavy (non-hydrogen) atoms. The highest BCUT2D eigenvalue weighted by atomic mass is 32.2. The van der Waals surface area contributed by atoms with Crippen LogP contribution in [0.4, 0.5) is 9.18 Å². The van der Waals surface area contributed by atoms with E-state index in [-0.39, 0.29) is 43.6 Å². The number of primary amides is 1. The van der Waals surface area contributed by atoms with Gasteiger partial charge in [0.1, 0.15) is 5.82 Å². The maximum atomic E-state index is 13.1. The molecule has 0 unspecified atom stereocenters. The van der Waals surface area contributed by atoms with E-state index < -0.39 is 28.0 Å². The van der Waals surface area contributed by atoms with Gasteiger partial charge < -0.3 is 26.0 Å². The number of benzene rings is 1. The fourth-order valence-electron chi connectivity index (χ4n) is 5.16. The molecule has 0 aromatic heterocycles. The van der Waals surface area contributed by atoms with Gasteiger partial charge in [-0.2, -0.15) is 0 Å². The number of carbonyl (C=O) groups is 5. The molecule has 2 fully saturated rings. The van der Waals surface area contributed by atoms with E-state index in [0.717, 1.165) is 44.3 Å². The molecule has 1 aliphatic carbocycles. The number of likely N-dealkylation sites (tertiary alicyclic amines) is 1. The van der Waals surface area contributed by atoms with Gasteiger partial charge >= 0.3 is 12.1 Å². The Morgan fingerprint density at radius 3 is 2.19 bits per heavy atom. The van der Waals surface area contributed by atoms with Gasteiger partial charge in [0.25, 0.3) is 0 Å². The Hall–Kier alpha value is -4.53. The van der Waals surface area contributed by atoms with Crippen molar-refractivity contribution in [3.8, 4) is 12.8 Å². The summed E-state index contributed by atoms with van der Waals surface area (Å²) in [4.78, 5) is 55.3. The number of terminal acetylenes is 1. The summed E-state index contributed by atoms with van der Waals surface area (Å²) in [5, 5.41) is 27.8. The number of fused-ring (bicyclic) bond motifs is 1. The molecule has 2 aliphatic heterocycles. The molecule has 0 spiro atoms. The molecule has 0 bridgehead atoms. The Morgan fingerprint density at radius 2 is 1.66 bits per heavy atom. The van der Waals surface area contributed by atoms with Gasteiger partial charge in [-0.25, -0.2) is 17.6 Å². The lowest BCUT2D eigenvalue weighted by atomic mass is 10.1. The summed E-state index contributed by atoms with van der Waals surface area (Å²) in [7, 11) is -3.26. The van der Waals surface area contributed by atoms with Gasteiger partial charge in [0.05, 0.1) is 18.5 Å². The highest BCUT2D eigenvalue weighted by molar-refractivity contribution is 7.90. The molecule has 1 atom stereocenters. The molecule has 1 aromatic carbocycles. The second kappa shape index (κ2) is 28.0. The normalized spacial score (nSPS) is 15.5. The number of allylic oxidation sites excluding steroid dienone is 1. The van der Waals surface area contributed by atoms with Crippen LogP contribution in [0.1, 0.15) is 102 Å². The van der Waals surface area contributed by atoms with E-state index in [4.69, 9.17) is 21.1 Å². The number of carboxylic acid groups (broad SMARTS) is 2. The summed E-state index contributed by atoms with van der Waals surface area (Å²) in [6, 6.07) is 5.16. The smallest absolute Gasteiger partial charge is 0.407 e. The zero-order chi connectivity index (χ0) is 40.2. The Bertz CT molecular complexity index is 1420. The number of aliphatic hydroxyl groups is 1. The van der Waals surface area contributed by atoms with E-state index in [1.165, 1.54) is 36.6 Å². The van der Waals surface area contributed by atoms with Crippen molar-refractivity contribution in [1.29, 1.82) is 0 Å². The first-order valence-electron chi connectivity index (χ1n) is 17.5. The number of carboxylic acids is 1. The van der Waals surface area contributed by atoms with E-state index in [1.54, 1.807) is 16.9 Å². The van der Waals surface area contributed by atoms with Crippen molar-refractivity contribution in [2.75, 3.05) is 19.8 Å². The predicted molar refractivity (Wildman–Crippen MR) is 198 cm³/mol. The van der Waals surface area contributed by atoms with Gasteiger partial charge in [0.2, 0.25) is 28.2 Å². The van der Waals surface area contributed by atoms with Crippen molar-refractivity contribution >= 4 is 40.3 Å². The molecule has 298 valence electrons. The van der Waals surface area contributed by atoms with Crippen LogP contribution in [0.2, 0.25) is 0 Å². The number of carbonyl (C=O) groups excluding carboxylic acids is 3. The topological polar surface area (TPSA) is 237 Å². The van der Waals surface area contributed by atoms with Gasteiger partial charge in [0, 0.05) is 50.5 Å². The first-order valence-corrected chi connectivity index (χ1v) is 19.1. The van der Waals surface area contributed by atoms with Gasteiger partial charge in [-0.3, -0.25) is 34.1 Å². The summed E-state index contributed by atoms with van der Waals surface area (Å²) >= 11 is 0. The molecule has 15 nitrogen and oxygen atoms in total. The summed E-state index contributed by atoms with van der Waals surface area (Å²) in [6.07, 6.45) is 22.0. The van der Waals surface area contributed by atoms with Crippen LogP contribution < -0.4 is 15.8 Å². The lowest BCUT2D eigenvalue weighted by Gasteiger charge is -2.21. The van der Waals surface area contributed by atoms with Crippen LogP contribution in [0.15, 0.2) is 30.4 Å². The molecule has 1 saturated heterocycles. The standard InChI is InChI=1S/C16H30N2O2.C9H8FNO2.C5H9NO3.C4H7NO3S.C2H2/c1-15-10-9-13-18(15)16(20)11-7-5-3-2-4-6-8-12-17-14-19;10-8-3-1-2-6-4-11(9(12)13)5-7(6)8;6-4(7)2-1-3-5(8)9;6-3-5-9(7,8)4-1-2-4;1-2/h6,8,15,17,19H,2-5,7,9-14H2,1H3;1-3H,4-5H2,(H,12,13);1-3H2,(H2,6,7)(H,8,9);3-4H,1-2H2,(H,5,6);1-2H/b8-6-;;;;/t15-;;;;/m1..../s1. The quantitative estimate of drug-likeness (QED) is 0.0441. The second-order valence-corrected chi connectivity index (χ2v) is 14.3. The molecular formula is C36H56FN5O10S. The molecule has 7 N–H and O–H groups in total. The zero-order valence-corrected chi connectivity index (χ0v) is 31.3. The van der Waals surface area contributed by atoms with Gasteiger partial charge in [0.15, 0.2) is 0 Å². The Morgan fingerprint density at radius 1 is 0.981 bits per heavy atom. The molecule has 3 aliphatic rings. The number of halogens is 1. The van der Waals surface area contributed by atoms with Gasteiger partial charge in [-0.1, -0.05) is 37.1 Å². The lowest BCUT2D eigenvalue weighted by molar-refractivity contribution is -0.137. The number of rotatable bonds is 17. The first-order chi connectivity index (χ1) is 25.2. The van der Waals surface area contributed by atoms with Crippen LogP contribution in [0.5, 0.6) is 0 Å². The third-order valence-corrected chi connectivity index (χ3v) is 9.89. The average Bonchev–Trinajstić information content (AvgIpc) is 3.75. The highest BCUT2D eigenvalue weighted by Crippen LogP contribution is 2.27. The third-order valence-electron chi connectivity index (χ3n) is 8.11. The number of aliphatic carboxylic acids is 1. The minimum Gasteiger partial charge on any atom is -0.481 e. The summed E-state index contributed by atoms with van der Waals surface area (Å²) in [5.74, 6) is -1.31. The summed E-state index contributed by atoms with van der Waals surface area (Å²) < 4.78 is 36.2. The lowest BCUT2D eigenvalue weighted by Crippen LogP contribution is -2.33. The van der Waals surface area contributed by atoms with Crippen LogP contribution in [-0.4, -0.2) is 94.9 Å². The average molecular weight is 770 g/mol. The second-order valence-electron chi connectivity index (χ2n) is 12.3. The minimum atomic E-state index is -3.26. The molecule has 1 aromatic rings. The number of amides is 4. The molecule has 17 heteroatoms. The number of aliphatic hydroxyl groups excluding tert-OH is 1. The fourth-order valence-corrected chi connectivity index (χ4v) is 6.24. The molecule has 4 amide bonds. The van der Waals surface area contributed by atoms with Crippen LogP contribution in [0.3, 0.4) is 0 Å². The zero-order valence-electron chi connectivity index (χ0n) is 30.5. The van der Waals surface area contributed by atoms with Gasteiger partial charge in [-0.15, -0.1) is 12.8 Å². The number of nitrogens with one attached hydrogen (secondary N) is 2. The van der Waals surface area contributed by atoms with Crippen LogP contribution in [0.25, 0.3) is 0 Å². The predicted octanol–water partition coefficient (Wildman–Crippen LogP) is 3.45. The molecular weight excluding hydrogens is 713 g/mol. The molecule has 0 radical (unpaired) electrons. The van der Waals surface area contributed by atoms with Crippen LogP contribution in [-0.2, 0) is 42.3 Å². The Balaban J connectivity index is 0.000000708. The van der Waals surface area contributed by atoms with Crippen molar-refractivity contribution in [3.05, 3.63) is 47.3 Å². The summed E-state index contributed by atoms with van der Waals surface area (Å²) in [6.45, 7) is 4.35.